The number of aryl methyl sites for hydroxylation is 1. The molecule has 98 valence electrons. The van der Waals surface area contributed by atoms with Gasteiger partial charge in [0, 0.05) is 11.8 Å². The van der Waals surface area contributed by atoms with Crippen LogP contribution in [0.4, 0.5) is 5.69 Å². The Hall–Kier alpha value is -2.61. The van der Waals surface area contributed by atoms with Crippen LogP contribution in [-0.4, -0.2) is 11.3 Å². The molecule has 0 saturated carbocycles. The van der Waals surface area contributed by atoms with Gasteiger partial charge in [-0.2, -0.15) is 0 Å². The second kappa shape index (κ2) is 5.17. The van der Waals surface area contributed by atoms with E-state index in [1.807, 2.05) is 49.4 Å². The number of aliphatic imine (C=N–C) groups is 1. The molecule has 0 atom stereocenters. The summed E-state index contributed by atoms with van der Waals surface area (Å²) in [6.45, 7) is 1.87. The number of phenolic OH excluding ortho intramolecular Hbond substituents is 1. The van der Waals surface area contributed by atoms with E-state index in [0.29, 0.717) is 5.69 Å². The highest BCUT2D eigenvalue weighted by Gasteiger charge is 2.02. The summed E-state index contributed by atoms with van der Waals surface area (Å²) >= 11 is 0. The van der Waals surface area contributed by atoms with Gasteiger partial charge in [-0.3, -0.25) is 4.99 Å². The van der Waals surface area contributed by atoms with Gasteiger partial charge < -0.3 is 5.11 Å². The number of aromatic hydroxyl groups is 1. The van der Waals surface area contributed by atoms with Crippen LogP contribution in [0.1, 0.15) is 11.1 Å². The SMILES string of the molecule is Cc1cccc(N=Cc2cccc3ccccc23)c1O. The Kier molecular flexibility index (Phi) is 3.21. The van der Waals surface area contributed by atoms with E-state index in [0.717, 1.165) is 16.5 Å². The van der Waals surface area contributed by atoms with Gasteiger partial charge >= 0.3 is 0 Å². The third-order valence-electron chi connectivity index (χ3n) is 3.38. The van der Waals surface area contributed by atoms with Gasteiger partial charge in [-0.25, -0.2) is 0 Å². The topological polar surface area (TPSA) is 32.6 Å². The molecule has 0 unspecified atom stereocenters. The summed E-state index contributed by atoms with van der Waals surface area (Å²) in [5.74, 6) is 0.240. The first-order valence-corrected chi connectivity index (χ1v) is 6.56. The molecule has 0 spiro atoms. The van der Waals surface area contributed by atoms with Crippen LogP contribution < -0.4 is 0 Å². The third-order valence-corrected chi connectivity index (χ3v) is 3.38. The highest BCUT2D eigenvalue weighted by Crippen LogP contribution is 2.29. The molecule has 3 aromatic carbocycles. The van der Waals surface area contributed by atoms with Crippen LogP contribution in [0.25, 0.3) is 10.8 Å². The fraction of sp³-hybridized carbons (Fsp3) is 0.0556. The van der Waals surface area contributed by atoms with E-state index in [1.165, 1.54) is 5.39 Å². The summed E-state index contributed by atoms with van der Waals surface area (Å²) in [5, 5.41) is 12.3. The minimum Gasteiger partial charge on any atom is -0.505 e. The van der Waals surface area contributed by atoms with Crippen molar-refractivity contribution in [2.24, 2.45) is 4.99 Å². The smallest absolute Gasteiger partial charge is 0.144 e. The van der Waals surface area contributed by atoms with E-state index >= 15 is 0 Å². The van der Waals surface area contributed by atoms with Gasteiger partial charge in [0.2, 0.25) is 0 Å². The van der Waals surface area contributed by atoms with Crippen LogP contribution in [-0.2, 0) is 0 Å². The second-order valence-electron chi connectivity index (χ2n) is 4.77. The molecule has 0 aliphatic heterocycles. The number of nitrogens with zero attached hydrogens (tertiary/aromatic N) is 1. The Morgan fingerprint density at radius 1 is 0.900 bits per heavy atom. The molecule has 0 fully saturated rings. The van der Waals surface area contributed by atoms with Crippen molar-refractivity contribution in [1.29, 1.82) is 0 Å². The van der Waals surface area contributed by atoms with E-state index in [2.05, 4.69) is 23.2 Å². The number of rotatable bonds is 2. The standard InChI is InChI=1S/C18H15NO/c1-13-6-4-11-17(18(13)20)19-12-15-9-5-8-14-7-2-3-10-16(14)15/h2-12,20H,1H3. The zero-order chi connectivity index (χ0) is 13.9. The molecular weight excluding hydrogens is 246 g/mol. The van der Waals surface area contributed by atoms with Crippen molar-refractivity contribution < 1.29 is 5.11 Å². The van der Waals surface area contributed by atoms with Gasteiger partial charge in [-0.15, -0.1) is 0 Å². The van der Waals surface area contributed by atoms with Crippen molar-refractivity contribution in [1.82, 2.24) is 0 Å². The minimum absolute atomic E-state index is 0.240. The molecule has 0 aliphatic rings. The predicted molar refractivity (Wildman–Crippen MR) is 84.0 cm³/mol. The van der Waals surface area contributed by atoms with Crippen LogP contribution in [0.5, 0.6) is 5.75 Å². The van der Waals surface area contributed by atoms with Crippen LogP contribution in [0, 0.1) is 6.92 Å². The van der Waals surface area contributed by atoms with E-state index < -0.39 is 0 Å². The maximum absolute atomic E-state index is 9.98. The fourth-order valence-electron chi connectivity index (χ4n) is 2.25. The van der Waals surface area contributed by atoms with Crippen LogP contribution in [0.2, 0.25) is 0 Å². The zero-order valence-electron chi connectivity index (χ0n) is 11.2. The van der Waals surface area contributed by atoms with Gasteiger partial charge in [-0.1, -0.05) is 54.6 Å². The number of para-hydroxylation sites is 1. The van der Waals surface area contributed by atoms with Gasteiger partial charge in [0.25, 0.3) is 0 Å². The highest BCUT2D eigenvalue weighted by atomic mass is 16.3. The summed E-state index contributed by atoms with van der Waals surface area (Å²) in [5.41, 5.74) is 2.47. The Labute approximate surface area is 118 Å². The lowest BCUT2D eigenvalue weighted by Gasteiger charge is -2.03. The monoisotopic (exact) mass is 261 g/mol. The molecule has 0 amide bonds. The average molecular weight is 261 g/mol. The van der Waals surface area contributed by atoms with E-state index in [9.17, 15) is 5.11 Å². The average Bonchev–Trinajstić information content (AvgIpc) is 2.49. The van der Waals surface area contributed by atoms with Crippen molar-refractivity contribution in [2.45, 2.75) is 6.92 Å². The maximum Gasteiger partial charge on any atom is 0.144 e. The quantitative estimate of drug-likeness (QED) is 0.671. The summed E-state index contributed by atoms with van der Waals surface area (Å²) in [7, 11) is 0. The molecule has 0 aromatic heterocycles. The number of fused-ring (bicyclic) bond motifs is 1. The summed E-state index contributed by atoms with van der Waals surface area (Å²) < 4.78 is 0. The molecule has 2 heteroatoms. The molecule has 0 aliphatic carbocycles. The normalized spacial score (nSPS) is 11.2. The Bertz CT molecular complexity index is 785. The van der Waals surface area contributed by atoms with Crippen molar-refractivity contribution >= 4 is 22.7 Å². The van der Waals surface area contributed by atoms with Crippen LogP contribution >= 0.6 is 0 Å². The lowest BCUT2D eigenvalue weighted by molar-refractivity contribution is 0.473. The van der Waals surface area contributed by atoms with E-state index in [-0.39, 0.29) is 5.75 Å². The lowest BCUT2D eigenvalue weighted by atomic mass is 10.1. The summed E-state index contributed by atoms with van der Waals surface area (Å²) in [6, 6.07) is 19.9. The molecule has 0 bridgehead atoms. The Morgan fingerprint density at radius 3 is 2.55 bits per heavy atom. The predicted octanol–water partition coefficient (Wildman–Crippen LogP) is 4.60. The maximum atomic E-state index is 9.98. The first-order chi connectivity index (χ1) is 9.75. The highest BCUT2D eigenvalue weighted by molar-refractivity contribution is 6.00. The van der Waals surface area contributed by atoms with Crippen molar-refractivity contribution in [3.8, 4) is 5.75 Å². The summed E-state index contributed by atoms with van der Waals surface area (Å²) in [6.07, 6.45) is 1.80. The van der Waals surface area contributed by atoms with Crippen LogP contribution in [0.3, 0.4) is 0 Å². The Balaban J connectivity index is 2.05. The Morgan fingerprint density at radius 2 is 1.65 bits per heavy atom. The minimum atomic E-state index is 0.240. The molecule has 20 heavy (non-hydrogen) atoms. The molecule has 3 aromatic rings. The summed E-state index contributed by atoms with van der Waals surface area (Å²) in [4.78, 5) is 4.41. The largest absolute Gasteiger partial charge is 0.505 e. The molecule has 0 heterocycles. The number of benzene rings is 3. The number of phenols is 1. The van der Waals surface area contributed by atoms with Gasteiger partial charge in [0.05, 0.1) is 0 Å². The molecule has 2 nitrogen and oxygen atoms in total. The zero-order valence-corrected chi connectivity index (χ0v) is 11.2. The van der Waals surface area contributed by atoms with Crippen molar-refractivity contribution in [3.05, 3.63) is 71.8 Å². The molecule has 0 saturated heterocycles. The second-order valence-corrected chi connectivity index (χ2v) is 4.77. The molecule has 1 N–H and O–H groups in total. The lowest BCUT2D eigenvalue weighted by Crippen LogP contribution is -1.84. The fourth-order valence-corrected chi connectivity index (χ4v) is 2.25. The van der Waals surface area contributed by atoms with E-state index in [1.54, 1.807) is 6.21 Å². The van der Waals surface area contributed by atoms with Crippen LogP contribution in [0.15, 0.2) is 65.7 Å². The molecule has 0 radical (unpaired) electrons. The molecular formula is C18H15NO. The number of hydrogen-bond acceptors (Lipinski definition) is 2. The number of hydrogen-bond donors (Lipinski definition) is 1. The van der Waals surface area contributed by atoms with Gasteiger partial charge in [-0.05, 0) is 29.3 Å². The van der Waals surface area contributed by atoms with Gasteiger partial charge in [0.1, 0.15) is 11.4 Å². The van der Waals surface area contributed by atoms with Crippen molar-refractivity contribution in [2.75, 3.05) is 0 Å². The van der Waals surface area contributed by atoms with Crippen molar-refractivity contribution in [3.63, 3.8) is 0 Å². The van der Waals surface area contributed by atoms with E-state index in [4.69, 9.17) is 0 Å². The third kappa shape index (κ3) is 2.28. The van der Waals surface area contributed by atoms with Gasteiger partial charge in [0.15, 0.2) is 0 Å². The molecule has 3 rings (SSSR count). The first kappa shape index (κ1) is 12.4. The first-order valence-electron chi connectivity index (χ1n) is 6.56.